The third-order valence-electron chi connectivity index (χ3n) is 11.6. The molecule has 0 fully saturated rings. The maximum atomic E-state index is 4.05. The van der Waals surface area contributed by atoms with Crippen LogP contribution in [0.1, 0.15) is 11.1 Å². The van der Waals surface area contributed by atoms with Crippen LogP contribution < -0.4 is 9.80 Å². The van der Waals surface area contributed by atoms with E-state index in [0.29, 0.717) is 13.1 Å². The van der Waals surface area contributed by atoms with E-state index >= 15 is 0 Å². The zero-order valence-corrected chi connectivity index (χ0v) is 32.9. The molecule has 10 aromatic rings. The summed E-state index contributed by atoms with van der Waals surface area (Å²) >= 11 is 0. The Morgan fingerprint density at radius 3 is 1.13 bits per heavy atom. The summed E-state index contributed by atoms with van der Waals surface area (Å²) in [7, 11) is 4.47. The minimum absolute atomic E-state index is 0. The summed E-state index contributed by atoms with van der Waals surface area (Å²) in [5.41, 5.74) is 9.40. The standard InChI is InChI=1S/C52H36N2.Pt/c1-53-31-33-27-45-39-15-7-3-11-35(39)20-24-44(45)48(29-33)52-42-18-10-6-14-38(42)22-26-50(52)54(2)32-34-28-46-40-16-8-4-12-36(40)19-23-43(46)47(30-34)51-41-17-9-5-13-37(41)21-25-49(51)53;/h3-28H,31-32H2,1-2H3;/q-2;+4. The average Bonchev–Trinajstić information content (AvgIpc) is 3.21. The monoisotopic (exact) mass is 883 g/mol. The molecule has 262 valence electrons. The summed E-state index contributed by atoms with van der Waals surface area (Å²) in [6, 6.07) is 66.4. The molecule has 1 aliphatic rings. The van der Waals surface area contributed by atoms with E-state index in [1.165, 1.54) is 87.1 Å². The van der Waals surface area contributed by atoms with Crippen molar-refractivity contribution in [2.75, 3.05) is 23.9 Å². The van der Waals surface area contributed by atoms with Crippen molar-refractivity contribution in [2.45, 2.75) is 13.1 Å². The van der Waals surface area contributed by atoms with Crippen LogP contribution in [0.2, 0.25) is 0 Å². The molecule has 4 bridgehead atoms. The Bertz CT molecular complexity index is 2950. The average molecular weight is 884 g/mol. The van der Waals surface area contributed by atoms with Crippen LogP contribution in [0, 0.1) is 12.1 Å². The van der Waals surface area contributed by atoms with Gasteiger partial charge in [0.1, 0.15) is 0 Å². The van der Waals surface area contributed by atoms with Gasteiger partial charge in [-0.05, 0) is 44.5 Å². The van der Waals surface area contributed by atoms with E-state index in [1.807, 2.05) is 0 Å². The quantitative estimate of drug-likeness (QED) is 0.111. The van der Waals surface area contributed by atoms with Crippen LogP contribution in [0.25, 0.3) is 86.9 Å². The zero-order valence-electron chi connectivity index (χ0n) is 30.6. The largest absolute Gasteiger partial charge is 4.00 e. The summed E-state index contributed by atoms with van der Waals surface area (Å²) in [4.78, 5) is 4.84. The van der Waals surface area contributed by atoms with Gasteiger partial charge in [0.25, 0.3) is 0 Å². The Labute approximate surface area is 335 Å². The maximum absolute atomic E-state index is 4.05. The number of rotatable bonds is 0. The summed E-state index contributed by atoms with van der Waals surface area (Å²) in [5, 5.41) is 14.9. The number of nitrogens with zero attached hydrogens (tertiary/aromatic N) is 2. The number of hydrogen-bond donors (Lipinski definition) is 0. The molecule has 3 heteroatoms. The summed E-state index contributed by atoms with van der Waals surface area (Å²) < 4.78 is 0. The van der Waals surface area contributed by atoms with E-state index in [0.717, 1.165) is 22.3 Å². The van der Waals surface area contributed by atoms with Gasteiger partial charge in [0.15, 0.2) is 0 Å². The molecule has 0 amide bonds. The predicted octanol–water partition coefficient (Wildman–Crippen LogP) is 13.1. The molecule has 0 N–H and O–H groups in total. The molecule has 11 rings (SSSR count). The maximum Gasteiger partial charge on any atom is 4.00 e. The third kappa shape index (κ3) is 5.35. The zero-order chi connectivity index (χ0) is 35.9. The Morgan fingerprint density at radius 1 is 0.364 bits per heavy atom. The van der Waals surface area contributed by atoms with Crippen LogP contribution in [0.3, 0.4) is 0 Å². The van der Waals surface area contributed by atoms with E-state index in [-0.39, 0.29) is 21.1 Å². The molecule has 1 heterocycles. The molecule has 0 saturated carbocycles. The van der Waals surface area contributed by atoms with Gasteiger partial charge in [-0.3, -0.25) is 0 Å². The van der Waals surface area contributed by atoms with E-state index in [4.69, 9.17) is 0 Å². The third-order valence-corrected chi connectivity index (χ3v) is 11.6. The van der Waals surface area contributed by atoms with Gasteiger partial charge in [-0.25, -0.2) is 0 Å². The van der Waals surface area contributed by atoms with Gasteiger partial charge < -0.3 is 9.80 Å². The Morgan fingerprint density at radius 2 is 0.709 bits per heavy atom. The van der Waals surface area contributed by atoms with Crippen LogP contribution in [0.15, 0.2) is 158 Å². The molecule has 0 saturated heterocycles. The van der Waals surface area contributed by atoms with Crippen molar-refractivity contribution < 1.29 is 21.1 Å². The van der Waals surface area contributed by atoms with Gasteiger partial charge in [0, 0.05) is 38.6 Å². The molecular formula is C52H36N2Pt+2. The van der Waals surface area contributed by atoms with E-state index < -0.39 is 0 Å². The van der Waals surface area contributed by atoms with Gasteiger partial charge >= 0.3 is 21.1 Å². The van der Waals surface area contributed by atoms with Crippen LogP contribution in [-0.4, -0.2) is 14.1 Å². The van der Waals surface area contributed by atoms with Gasteiger partial charge in [-0.1, -0.05) is 166 Å². The summed E-state index contributed by atoms with van der Waals surface area (Å²) in [6.07, 6.45) is 0. The van der Waals surface area contributed by atoms with Gasteiger partial charge in [0.05, 0.1) is 0 Å². The molecule has 0 radical (unpaired) electrons. The van der Waals surface area contributed by atoms with Crippen molar-refractivity contribution >= 4 is 76.0 Å². The Balaban J connectivity index is 0.00000372. The van der Waals surface area contributed by atoms with Crippen molar-refractivity contribution in [3.63, 3.8) is 0 Å². The molecule has 0 aliphatic carbocycles. The first-order valence-electron chi connectivity index (χ1n) is 18.8. The molecule has 1 aliphatic heterocycles. The molecule has 0 atom stereocenters. The van der Waals surface area contributed by atoms with E-state index in [1.54, 1.807) is 0 Å². The van der Waals surface area contributed by atoms with Crippen LogP contribution >= 0.6 is 0 Å². The van der Waals surface area contributed by atoms with Gasteiger partial charge in [-0.2, -0.15) is 0 Å². The Kier molecular flexibility index (Phi) is 8.01. The number of fused-ring (bicyclic) bond motifs is 20. The minimum atomic E-state index is 0. The van der Waals surface area contributed by atoms with Crippen LogP contribution in [-0.2, 0) is 34.2 Å². The second kappa shape index (κ2) is 13.1. The first-order valence-corrected chi connectivity index (χ1v) is 18.8. The predicted molar refractivity (Wildman–Crippen MR) is 231 cm³/mol. The molecule has 0 spiro atoms. The van der Waals surface area contributed by atoms with Gasteiger partial charge in [-0.15, -0.1) is 57.3 Å². The number of benzene rings is 10. The summed E-state index contributed by atoms with van der Waals surface area (Å²) in [6.45, 7) is 1.38. The SMILES string of the molecule is CN1Cc2[c-]c(c3ccc4ccccc4c3c2)-c2c(ccc3ccccc23)N(C)Cc2[c-]c(c3ccc4ccccc4c3c2)-c2c1ccc1ccccc21.[Pt+4]. The van der Waals surface area contributed by atoms with E-state index in [2.05, 4.69) is 194 Å². The molecule has 0 unspecified atom stereocenters. The summed E-state index contributed by atoms with van der Waals surface area (Å²) in [5.74, 6) is 0. The fraction of sp³-hybridized carbons (Fsp3) is 0.0769. The van der Waals surface area contributed by atoms with Crippen molar-refractivity contribution in [1.82, 2.24) is 0 Å². The number of anilines is 2. The Hall–Kier alpha value is -5.95. The first-order chi connectivity index (χ1) is 26.6. The molecule has 2 nitrogen and oxygen atoms in total. The van der Waals surface area contributed by atoms with E-state index in [9.17, 15) is 0 Å². The van der Waals surface area contributed by atoms with Crippen LogP contribution in [0.5, 0.6) is 0 Å². The molecular weight excluding hydrogens is 848 g/mol. The first kappa shape index (κ1) is 33.6. The topological polar surface area (TPSA) is 6.48 Å². The fourth-order valence-corrected chi connectivity index (χ4v) is 9.14. The normalized spacial score (nSPS) is 12.9. The van der Waals surface area contributed by atoms with Crippen molar-refractivity contribution in [3.05, 3.63) is 181 Å². The smallest absolute Gasteiger partial charge is 0.379 e. The molecule has 0 aromatic heterocycles. The second-order valence-electron chi connectivity index (χ2n) is 14.9. The van der Waals surface area contributed by atoms with Crippen molar-refractivity contribution in [1.29, 1.82) is 0 Å². The number of hydrogen-bond acceptors (Lipinski definition) is 2. The van der Waals surface area contributed by atoms with Crippen molar-refractivity contribution in [2.24, 2.45) is 0 Å². The fourth-order valence-electron chi connectivity index (χ4n) is 9.14. The van der Waals surface area contributed by atoms with Crippen LogP contribution in [0.4, 0.5) is 11.4 Å². The molecule has 55 heavy (non-hydrogen) atoms. The molecule has 10 aromatic carbocycles. The van der Waals surface area contributed by atoms with Gasteiger partial charge in [0.2, 0.25) is 0 Å². The minimum Gasteiger partial charge on any atom is -0.379 e. The second-order valence-corrected chi connectivity index (χ2v) is 14.9. The van der Waals surface area contributed by atoms with Crippen molar-refractivity contribution in [3.8, 4) is 22.3 Å².